The van der Waals surface area contributed by atoms with Gasteiger partial charge in [0.2, 0.25) is 0 Å². The lowest BCUT2D eigenvalue weighted by atomic mass is 10.3. The fourth-order valence-electron chi connectivity index (χ4n) is 1.82. The smallest absolute Gasteiger partial charge is 0.183 e. The van der Waals surface area contributed by atoms with Gasteiger partial charge in [-0.05, 0) is 32.0 Å². The summed E-state index contributed by atoms with van der Waals surface area (Å²) in [4.78, 5) is 8.70. The molecule has 3 aromatic rings. The third-order valence-electron chi connectivity index (χ3n) is 2.46. The number of pyridine rings is 1. The second-order valence-corrected chi connectivity index (χ2v) is 3.65. The molecule has 0 spiro atoms. The number of aromatic nitrogens is 4. The van der Waals surface area contributed by atoms with Crippen LogP contribution in [0.5, 0.6) is 0 Å². The van der Waals surface area contributed by atoms with Crippen LogP contribution in [0.25, 0.3) is 16.7 Å². The molecule has 0 aliphatic heterocycles. The number of fused-ring (bicyclic) bond motifs is 3. The van der Waals surface area contributed by atoms with Crippen molar-refractivity contribution in [3.05, 3.63) is 35.8 Å². The monoisotopic (exact) mass is 198 g/mol. The highest BCUT2D eigenvalue weighted by Crippen LogP contribution is 2.17. The highest BCUT2D eigenvalue weighted by atomic mass is 15.3. The molecular formula is C11H10N4. The molecule has 0 saturated heterocycles. The molecule has 0 bridgehead atoms. The number of rotatable bonds is 0. The summed E-state index contributed by atoms with van der Waals surface area (Å²) in [5.74, 6) is 0. The molecule has 0 aromatic carbocycles. The van der Waals surface area contributed by atoms with Gasteiger partial charge in [-0.3, -0.25) is 0 Å². The topological polar surface area (TPSA) is 43.1 Å². The van der Waals surface area contributed by atoms with Gasteiger partial charge in [-0.2, -0.15) is 0 Å². The van der Waals surface area contributed by atoms with E-state index in [4.69, 9.17) is 0 Å². The number of hydrogen-bond acceptors (Lipinski definition) is 3. The summed E-state index contributed by atoms with van der Waals surface area (Å²) < 4.78 is 1.84. The molecule has 0 atom stereocenters. The van der Waals surface area contributed by atoms with Gasteiger partial charge in [0.15, 0.2) is 11.3 Å². The highest BCUT2D eigenvalue weighted by molar-refractivity contribution is 5.89. The number of hydrogen-bond donors (Lipinski definition) is 0. The van der Waals surface area contributed by atoms with Gasteiger partial charge < -0.3 is 0 Å². The van der Waals surface area contributed by atoms with Crippen molar-refractivity contribution in [1.82, 2.24) is 19.6 Å². The van der Waals surface area contributed by atoms with Crippen LogP contribution >= 0.6 is 0 Å². The average molecular weight is 198 g/mol. The summed E-state index contributed by atoms with van der Waals surface area (Å²) in [6.07, 6.45) is 1.75. The van der Waals surface area contributed by atoms with E-state index < -0.39 is 0 Å². The van der Waals surface area contributed by atoms with E-state index >= 15 is 0 Å². The Morgan fingerprint density at radius 1 is 1.27 bits per heavy atom. The van der Waals surface area contributed by atoms with Gasteiger partial charge in [0.05, 0.1) is 5.39 Å². The Kier molecular flexibility index (Phi) is 1.54. The van der Waals surface area contributed by atoms with Crippen molar-refractivity contribution in [3.8, 4) is 0 Å². The first kappa shape index (κ1) is 8.35. The molecule has 3 rings (SSSR count). The van der Waals surface area contributed by atoms with Crippen LogP contribution in [0.4, 0.5) is 0 Å². The van der Waals surface area contributed by atoms with Crippen molar-refractivity contribution in [2.75, 3.05) is 0 Å². The third-order valence-corrected chi connectivity index (χ3v) is 2.46. The Balaban J connectivity index is 2.61. The van der Waals surface area contributed by atoms with E-state index in [1.54, 1.807) is 6.20 Å². The molecular weight excluding hydrogens is 188 g/mol. The Bertz CT molecular complexity index is 654. The summed E-state index contributed by atoms with van der Waals surface area (Å²) >= 11 is 0. The molecule has 3 aromatic heterocycles. The van der Waals surface area contributed by atoms with Crippen molar-refractivity contribution >= 4 is 16.7 Å². The normalized spacial score (nSPS) is 11.3. The van der Waals surface area contributed by atoms with Crippen molar-refractivity contribution in [2.24, 2.45) is 0 Å². The van der Waals surface area contributed by atoms with Gasteiger partial charge >= 0.3 is 0 Å². The first-order valence-corrected chi connectivity index (χ1v) is 4.83. The molecule has 0 N–H and O–H groups in total. The zero-order chi connectivity index (χ0) is 10.4. The predicted molar refractivity (Wildman–Crippen MR) is 57.8 cm³/mol. The van der Waals surface area contributed by atoms with Crippen LogP contribution in [0.1, 0.15) is 11.4 Å². The first-order valence-electron chi connectivity index (χ1n) is 4.83. The molecule has 4 heteroatoms. The van der Waals surface area contributed by atoms with E-state index in [-0.39, 0.29) is 0 Å². The van der Waals surface area contributed by atoms with E-state index in [1.807, 2.05) is 36.6 Å². The van der Waals surface area contributed by atoms with Gasteiger partial charge in [0.1, 0.15) is 0 Å². The summed E-state index contributed by atoms with van der Waals surface area (Å²) in [7, 11) is 0. The number of aryl methyl sites for hydroxylation is 2. The van der Waals surface area contributed by atoms with Crippen LogP contribution in [-0.2, 0) is 0 Å². The zero-order valence-electron chi connectivity index (χ0n) is 8.60. The minimum atomic E-state index is 0.749. The lowest BCUT2D eigenvalue weighted by Crippen LogP contribution is -1.96. The lowest BCUT2D eigenvalue weighted by molar-refractivity contribution is 0.893. The molecule has 15 heavy (non-hydrogen) atoms. The van der Waals surface area contributed by atoms with Crippen molar-refractivity contribution in [1.29, 1.82) is 0 Å². The molecule has 0 aliphatic carbocycles. The van der Waals surface area contributed by atoms with E-state index in [2.05, 4.69) is 15.1 Å². The zero-order valence-corrected chi connectivity index (χ0v) is 8.60. The predicted octanol–water partition coefficient (Wildman–Crippen LogP) is 1.89. The second kappa shape index (κ2) is 2.76. The number of nitrogens with zero attached hydrogens (tertiary/aromatic N) is 4. The van der Waals surface area contributed by atoms with E-state index in [1.165, 1.54) is 0 Å². The Hall–Kier alpha value is -1.97. The molecule has 0 fully saturated rings. The van der Waals surface area contributed by atoms with E-state index in [0.717, 1.165) is 28.1 Å². The van der Waals surface area contributed by atoms with Crippen LogP contribution in [0, 0.1) is 13.8 Å². The maximum Gasteiger partial charge on any atom is 0.183 e. The van der Waals surface area contributed by atoms with Crippen molar-refractivity contribution in [2.45, 2.75) is 13.8 Å². The van der Waals surface area contributed by atoms with Crippen LogP contribution < -0.4 is 0 Å². The molecule has 4 nitrogen and oxygen atoms in total. The SMILES string of the molecule is Cc1cc(C)n2nc3ncccc3c2n1. The minimum Gasteiger partial charge on any atom is -0.235 e. The molecule has 0 amide bonds. The molecule has 0 radical (unpaired) electrons. The first-order chi connectivity index (χ1) is 7.25. The molecule has 3 heterocycles. The van der Waals surface area contributed by atoms with Gasteiger partial charge in [-0.25, -0.2) is 14.5 Å². The fraction of sp³-hybridized carbons (Fsp3) is 0.182. The lowest BCUT2D eigenvalue weighted by Gasteiger charge is -1.99. The Labute approximate surface area is 86.6 Å². The summed E-state index contributed by atoms with van der Waals surface area (Å²) in [6, 6.07) is 5.92. The van der Waals surface area contributed by atoms with Crippen LogP contribution in [0.15, 0.2) is 24.4 Å². The van der Waals surface area contributed by atoms with Crippen LogP contribution in [0.2, 0.25) is 0 Å². The quantitative estimate of drug-likeness (QED) is 0.554. The molecule has 0 saturated carbocycles. The van der Waals surface area contributed by atoms with Gasteiger partial charge in [-0.1, -0.05) is 0 Å². The molecule has 0 unspecified atom stereocenters. The van der Waals surface area contributed by atoms with Crippen molar-refractivity contribution < 1.29 is 0 Å². The van der Waals surface area contributed by atoms with Crippen LogP contribution in [0.3, 0.4) is 0 Å². The van der Waals surface area contributed by atoms with Gasteiger partial charge in [0, 0.05) is 17.6 Å². The molecule has 0 aliphatic rings. The molecule has 74 valence electrons. The van der Waals surface area contributed by atoms with Gasteiger partial charge in [-0.15, -0.1) is 5.10 Å². The van der Waals surface area contributed by atoms with Crippen LogP contribution in [-0.4, -0.2) is 19.6 Å². The van der Waals surface area contributed by atoms with Crippen molar-refractivity contribution in [3.63, 3.8) is 0 Å². The summed E-state index contributed by atoms with van der Waals surface area (Å²) in [6.45, 7) is 4.01. The van der Waals surface area contributed by atoms with E-state index in [0.29, 0.717) is 0 Å². The third kappa shape index (κ3) is 1.11. The van der Waals surface area contributed by atoms with E-state index in [9.17, 15) is 0 Å². The standard InChI is InChI=1S/C11H10N4/c1-7-6-8(2)15-11(13-7)9-4-3-5-12-10(9)14-15/h3-6H,1-2H3. The minimum absolute atomic E-state index is 0.749. The summed E-state index contributed by atoms with van der Waals surface area (Å²) in [5.41, 5.74) is 3.72. The second-order valence-electron chi connectivity index (χ2n) is 3.65. The fourth-order valence-corrected chi connectivity index (χ4v) is 1.82. The maximum atomic E-state index is 4.49. The Morgan fingerprint density at radius 2 is 2.13 bits per heavy atom. The Morgan fingerprint density at radius 3 is 3.00 bits per heavy atom. The average Bonchev–Trinajstić information content (AvgIpc) is 2.57. The van der Waals surface area contributed by atoms with Gasteiger partial charge in [0.25, 0.3) is 0 Å². The summed E-state index contributed by atoms with van der Waals surface area (Å²) in [5, 5.41) is 5.40. The highest BCUT2D eigenvalue weighted by Gasteiger charge is 2.08. The maximum absolute atomic E-state index is 4.49. The largest absolute Gasteiger partial charge is 0.235 e.